The Morgan fingerprint density at radius 2 is 1.56 bits per heavy atom. The van der Waals surface area contributed by atoms with Crippen LogP contribution in [0.3, 0.4) is 0 Å². The van der Waals surface area contributed by atoms with Crippen molar-refractivity contribution in [2.75, 3.05) is 33.4 Å². The van der Waals surface area contributed by atoms with Crippen molar-refractivity contribution in [2.24, 2.45) is 0 Å². The Kier molecular flexibility index (Phi) is 7.33. The zero-order chi connectivity index (χ0) is 25.0. The fourth-order valence-electron chi connectivity index (χ4n) is 5.35. The van der Waals surface area contributed by atoms with Crippen molar-refractivity contribution in [1.82, 2.24) is 4.90 Å². The second-order valence-electron chi connectivity index (χ2n) is 10.4. The molecule has 0 unspecified atom stereocenters. The molecule has 0 atom stereocenters. The molecule has 2 aliphatic heterocycles. The number of methoxy groups -OCH3 is 1. The first-order valence-corrected chi connectivity index (χ1v) is 13.1. The van der Waals surface area contributed by atoms with Crippen LogP contribution in [-0.2, 0) is 0 Å². The summed E-state index contributed by atoms with van der Waals surface area (Å²) >= 11 is 0. The van der Waals surface area contributed by atoms with Gasteiger partial charge in [-0.15, -0.1) is 0 Å². The van der Waals surface area contributed by atoms with Crippen LogP contribution in [0.1, 0.15) is 56.2 Å². The molecular weight excluding hydrogens is 446 g/mol. The third kappa shape index (κ3) is 5.60. The highest BCUT2D eigenvalue weighted by atomic mass is 16.5. The van der Waals surface area contributed by atoms with Crippen molar-refractivity contribution >= 4 is 11.1 Å². The molecule has 0 amide bonds. The molecule has 3 aromatic rings. The molecule has 0 aromatic heterocycles. The van der Waals surface area contributed by atoms with E-state index in [-0.39, 0.29) is 5.60 Å². The Balaban J connectivity index is 1.48. The van der Waals surface area contributed by atoms with Crippen molar-refractivity contribution in [3.8, 4) is 17.2 Å². The summed E-state index contributed by atoms with van der Waals surface area (Å²) in [5.74, 6) is 2.59. The van der Waals surface area contributed by atoms with Crippen LogP contribution in [0, 0.1) is 0 Å². The van der Waals surface area contributed by atoms with Gasteiger partial charge in [0, 0.05) is 24.6 Å². The van der Waals surface area contributed by atoms with Crippen molar-refractivity contribution in [1.29, 1.82) is 0 Å². The van der Waals surface area contributed by atoms with Gasteiger partial charge in [0.1, 0.15) is 29.5 Å². The number of nitrogens with zero attached hydrogens (tertiary/aromatic N) is 1. The van der Waals surface area contributed by atoms with E-state index in [1.54, 1.807) is 7.11 Å². The average molecular weight is 484 g/mol. The van der Waals surface area contributed by atoms with Gasteiger partial charge < -0.3 is 14.2 Å². The summed E-state index contributed by atoms with van der Waals surface area (Å²) < 4.78 is 18.0. The van der Waals surface area contributed by atoms with Crippen LogP contribution in [0.4, 0.5) is 0 Å². The Morgan fingerprint density at radius 3 is 2.28 bits per heavy atom. The van der Waals surface area contributed by atoms with Gasteiger partial charge in [0.15, 0.2) is 0 Å². The Labute approximate surface area is 215 Å². The second kappa shape index (κ2) is 10.8. The Hall–Kier alpha value is -3.24. The third-order valence-corrected chi connectivity index (χ3v) is 7.13. The fraction of sp³-hybridized carbons (Fsp3) is 0.375. The minimum atomic E-state index is -0.327. The highest BCUT2D eigenvalue weighted by molar-refractivity contribution is 6.00. The summed E-state index contributed by atoms with van der Waals surface area (Å²) in [4.78, 5) is 2.51. The largest absolute Gasteiger partial charge is 0.497 e. The standard InChI is InChI=1S/C32H37NO3/c1-32(2)23-29(28-17-16-27(34-3)22-30(28)36-32)31(24-10-6-4-7-11-24)25-12-14-26(15-13-25)35-21-20-33-18-8-5-9-19-33/h4,6-7,10-17,22H,5,8-9,18-21,23H2,1-3H3/b31-29-. The third-order valence-electron chi connectivity index (χ3n) is 7.13. The maximum atomic E-state index is 6.39. The number of hydrogen-bond acceptors (Lipinski definition) is 4. The molecule has 0 spiro atoms. The first-order chi connectivity index (χ1) is 17.5. The van der Waals surface area contributed by atoms with E-state index in [0.717, 1.165) is 42.4 Å². The van der Waals surface area contributed by atoms with Crippen LogP contribution in [0.25, 0.3) is 11.1 Å². The van der Waals surface area contributed by atoms with Gasteiger partial charge in [-0.3, -0.25) is 4.90 Å². The van der Waals surface area contributed by atoms with E-state index in [4.69, 9.17) is 14.2 Å². The van der Waals surface area contributed by atoms with Gasteiger partial charge in [-0.2, -0.15) is 0 Å². The first-order valence-electron chi connectivity index (χ1n) is 13.1. The summed E-state index contributed by atoms with van der Waals surface area (Å²) in [5.41, 5.74) is 5.69. The maximum absolute atomic E-state index is 6.39. The molecule has 5 rings (SSSR count). The van der Waals surface area contributed by atoms with Gasteiger partial charge in [0.25, 0.3) is 0 Å². The molecule has 0 radical (unpaired) electrons. The average Bonchev–Trinajstić information content (AvgIpc) is 2.90. The van der Waals surface area contributed by atoms with Gasteiger partial charge in [-0.25, -0.2) is 0 Å². The highest BCUT2D eigenvalue weighted by Crippen LogP contribution is 2.46. The molecule has 36 heavy (non-hydrogen) atoms. The Bertz CT molecular complexity index is 1190. The van der Waals surface area contributed by atoms with Crippen molar-refractivity contribution < 1.29 is 14.2 Å². The van der Waals surface area contributed by atoms with Gasteiger partial charge in [0.05, 0.1) is 7.11 Å². The SMILES string of the molecule is COc1ccc2c(c1)OC(C)(C)C/C2=C(\c1ccccc1)c1ccc(OCCN2CCCCC2)cc1. The Morgan fingerprint density at radius 1 is 0.861 bits per heavy atom. The molecule has 4 nitrogen and oxygen atoms in total. The molecule has 0 aliphatic carbocycles. The van der Waals surface area contributed by atoms with E-state index in [1.165, 1.54) is 54.6 Å². The van der Waals surface area contributed by atoms with Crippen molar-refractivity contribution in [2.45, 2.75) is 45.1 Å². The summed E-state index contributed by atoms with van der Waals surface area (Å²) in [6.45, 7) is 8.42. The molecule has 1 saturated heterocycles. The van der Waals surface area contributed by atoms with E-state index in [9.17, 15) is 0 Å². The van der Waals surface area contributed by atoms with E-state index < -0.39 is 0 Å². The number of rotatable bonds is 7. The van der Waals surface area contributed by atoms with Gasteiger partial charge in [-0.05, 0) is 86.3 Å². The lowest BCUT2D eigenvalue weighted by Crippen LogP contribution is -2.33. The topological polar surface area (TPSA) is 30.9 Å². The molecule has 0 bridgehead atoms. The van der Waals surface area contributed by atoms with Crippen LogP contribution >= 0.6 is 0 Å². The van der Waals surface area contributed by atoms with E-state index in [0.29, 0.717) is 0 Å². The molecule has 1 fully saturated rings. The van der Waals surface area contributed by atoms with Crippen LogP contribution in [0.5, 0.6) is 17.2 Å². The minimum absolute atomic E-state index is 0.327. The summed E-state index contributed by atoms with van der Waals surface area (Å²) in [6, 6.07) is 25.4. The molecule has 0 saturated carbocycles. The molecule has 2 heterocycles. The van der Waals surface area contributed by atoms with Gasteiger partial charge in [0.2, 0.25) is 0 Å². The highest BCUT2D eigenvalue weighted by Gasteiger charge is 2.32. The van der Waals surface area contributed by atoms with Crippen LogP contribution in [-0.4, -0.2) is 43.9 Å². The maximum Gasteiger partial charge on any atom is 0.131 e. The monoisotopic (exact) mass is 483 g/mol. The number of piperidine rings is 1. The molecule has 3 aromatic carbocycles. The normalized spacial score (nSPS) is 18.6. The molecule has 0 N–H and O–H groups in total. The second-order valence-corrected chi connectivity index (χ2v) is 10.4. The smallest absolute Gasteiger partial charge is 0.131 e. The lowest BCUT2D eigenvalue weighted by Gasteiger charge is -2.36. The lowest BCUT2D eigenvalue weighted by atomic mass is 9.82. The van der Waals surface area contributed by atoms with Crippen molar-refractivity contribution in [3.63, 3.8) is 0 Å². The predicted octanol–water partition coefficient (Wildman–Crippen LogP) is 7.08. The van der Waals surface area contributed by atoms with E-state index in [1.807, 2.05) is 12.1 Å². The summed E-state index contributed by atoms with van der Waals surface area (Å²) in [5, 5.41) is 0. The summed E-state index contributed by atoms with van der Waals surface area (Å²) in [6.07, 6.45) is 4.79. The van der Waals surface area contributed by atoms with Gasteiger partial charge >= 0.3 is 0 Å². The molecule has 2 aliphatic rings. The molecule has 188 valence electrons. The minimum Gasteiger partial charge on any atom is -0.497 e. The van der Waals surface area contributed by atoms with E-state index in [2.05, 4.69) is 79.4 Å². The van der Waals surface area contributed by atoms with Crippen LogP contribution < -0.4 is 14.2 Å². The zero-order valence-electron chi connectivity index (χ0n) is 21.8. The fourth-order valence-corrected chi connectivity index (χ4v) is 5.35. The molecule has 4 heteroatoms. The zero-order valence-corrected chi connectivity index (χ0v) is 21.8. The quantitative estimate of drug-likeness (QED) is 0.359. The van der Waals surface area contributed by atoms with E-state index >= 15 is 0 Å². The van der Waals surface area contributed by atoms with Gasteiger partial charge in [-0.1, -0.05) is 48.9 Å². The number of hydrogen-bond donors (Lipinski definition) is 0. The molecular formula is C32H37NO3. The number of benzene rings is 3. The number of fused-ring (bicyclic) bond motifs is 1. The summed E-state index contributed by atoms with van der Waals surface area (Å²) in [7, 11) is 1.69. The van der Waals surface area contributed by atoms with Crippen LogP contribution in [0.2, 0.25) is 0 Å². The first kappa shape index (κ1) is 24.5. The van der Waals surface area contributed by atoms with Crippen molar-refractivity contribution in [3.05, 3.63) is 89.5 Å². The predicted molar refractivity (Wildman–Crippen MR) is 147 cm³/mol. The number of ether oxygens (including phenoxy) is 3. The van der Waals surface area contributed by atoms with Crippen LogP contribution in [0.15, 0.2) is 72.8 Å². The number of likely N-dealkylation sites (tertiary alicyclic amines) is 1. The lowest BCUT2D eigenvalue weighted by molar-refractivity contribution is 0.107.